The van der Waals surface area contributed by atoms with Crippen LogP contribution in [0.25, 0.3) is 5.69 Å². The number of fused-ring (bicyclic) bond motifs is 1. The molecule has 6 nitrogen and oxygen atoms in total. The number of nitrogens with one attached hydrogen (secondary N) is 1. The Hall–Kier alpha value is -2.28. The number of rotatable bonds is 7. The number of carboxylic acid groups (broad SMARTS) is 1. The van der Waals surface area contributed by atoms with Gasteiger partial charge >= 0.3 is 5.97 Å². The topological polar surface area (TPSA) is 84.2 Å². The van der Waals surface area contributed by atoms with Gasteiger partial charge in [0, 0.05) is 23.6 Å². The van der Waals surface area contributed by atoms with E-state index in [1.165, 1.54) is 17.3 Å². The summed E-state index contributed by atoms with van der Waals surface area (Å²) in [5.41, 5.74) is 4.81. The first-order chi connectivity index (χ1) is 12.1. The highest BCUT2D eigenvalue weighted by atomic mass is 32.2. The number of carbonyl (C=O) groups excluding carboxylic acids is 1. The highest BCUT2D eigenvalue weighted by Crippen LogP contribution is 2.27. The van der Waals surface area contributed by atoms with Gasteiger partial charge in [0.25, 0.3) is 5.91 Å². The standard InChI is InChI=1S/C18H21N3O3S/c1-12-5-7-13(8-6-12)21-15-4-2-3-14(15)17(20-21)18(24)19-9-10-25-11-16(22)23/h5-8H,2-4,9-11H2,1H3,(H,19,24)(H,22,23). The summed E-state index contributed by atoms with van der Waals surface area (Å²) in [5, 5.41) is 16.0. The van der Waals surface area contributed by atoms with Crippen molar-refractivity contribution in [3.05, 3.63) is 46.8 Å². The summed E-state index contributed by atoms with van der Waals surface area (Å²) in [5.74, 6) is -0.405. The molecule has 132 valence electrons. The quantitative estimate of drug-likeness (QED) is 0.741. The Morgan fingerprint density at radius 1 is 1.28 bits per heavy atom. The smallest absolute Gasteiger partial charge is 0.313 e. The van der Waals surface area contributed by atoms with Gasteiger partial charge in [-0.1, -0.05) is 17.7 Å². The number of amides is 1. The Kier molecular flexibility index (Phi) is 5.43. The molecule has 0 saturated carbocycles. The van der Waals surface area contributed by atoms with Gasteiger partial charge in [-0.2, -0.15) is 5.10 Å². The minimum Gasteiger partial charge on any atom is -0.481 e. The fraction of sp³-hybridized carbons (Fsp3) is 0.389. The number of nitrogens with zero attached hydrogens (tertiary/aromatic N) is 2. The Balaban J connectivity index is 1.72. The zero-order valence-electron chi connectivity index (χ0n) is 14.1. The van der Waals surface area contributed by atoms with Crippen LogP contribution in [0.1, 0.15) is 33.7 Å². The number of benzene rings is 1. The molecule has 0 aliphatic heterocycles. The number of aliphatic carboxylic acids is 1. The molecule has 1 aromatic heterocycles. The van der Waals surface area contributed by atoms with Crippen LogP contribution in [0.5, 0.6) is 0 Å². The van der Waals surface area contributed by atoms with Crippen molar-refractivity contribution in [2.45, 2.75) is 26.2 Å². The van der Waals surface area contributed by atoms with Crippen molar-refractivity contribution in [1.82, 2.24) is 15.1 Å². The molecule has 3 rings (SSSR count). The molecule has 0 fully saturated rings. The van der Waals surface area contributed by atoms with Gasteiger partial charge in [0.05, 0.1) is 11.4 Å². The first-order valence-corrected chi connectivity index (χ1v) is 9.47. The second kappa shape index (κ2) is 7.74. The van der Waals surface area contributed by atoms with Crippen molar-refractivity contribution in [2.75, 3.05) is 18.1 Å². The van der Waals surface area contributed by atoms with Crippen LogP contribution in [0.3, 0.4) is 0 Å². The van der Waals surface area contributed by atoms with Gasteiger partial charge in [-0.15, -0.1) is 11.8 Å². The molecule has 0 atom stereocenters. The third-order valence-corrected chi connectivity index (χ3v) is 5.13. The Morgan fingerprint density at radius 3 is 2.76 bits per heavy atom. The summed E-state index contributed by atoms with van der Waals surface area (Å²) in [4.78, 5) is 23.0. The number of thioether (sulfide) groups is 1. The monoisotopic (exact) mass is 359 g/mol. The minimum absolute atomic E-state index is 0.0489. The van der Waals surface area contributed by atoms with Crippen molar-refractivity contribution in [1.29, 1.82) is 0 Å². The molecule has 7 heteroatoms. The first-order valence-electron chi connectivity index (χ1n) is 8.32. The van der Waals surface area contributed by atoms with Crippen molar-refractivity contribution >= 4 is 23.6 Å². The van der Waals surface area contributed by atoms with Crippen LogP contribution >= 0.6 is 11.8 Å². The van der Waals surface area contributed by atoms with Crippen molar-refractivity contribution < 1.29 is 14.7 Å². The number of carbonyl (C=O) groups is 2. The molecule has 1 aromatic carbocycles. The van der Waals surface area contributed by atoms with Crippen molar-refractivity contribution in [3.8, 4) is 5.69 Å². The summed E-state index contributed by atoms with van der Waals surface area (Å²) in [7, 11) is 0. The van der Waals surface area contributed by atoms with E-state index in [0.717, 1.165) is 36.2 Å². The fourth-order valence-electron chi connectivity index (χ4n) is 3.00. The number of aromatic nitrogens is 2. The summed E-state index contributed by atoms with van der Waals surface area (Å²) in [6.45, 7) is 2.47. The summed E-state index contributed by atoms with van der Waals surface area (Å²) < 4.78 is 1.88. The zero-order valence-corrected chi connectivity index (χ0v) is 14.9. The van der Waals surface area contributed by atoms with Crippen LogP contribution in [-0.4, -0.2) is 44.8 Å². The highest BCUT2D eigenvalue weighted by Gasteiger charge is 2.26. The van der Waals surface area contributed by atoms with E-state index in [1.807, 2.05) is 35.9 Å². The Bertz CT molecular complexity index is 784. The van der Waals surface area contributed by atoms with Crippen LogP contribution in [0.4, 0.5) is 0 Å². The number of hydrogen-bond donors (Lipinski definition) is 2. The second-order valence-electron chi connectivity index (χ2n) is 6.08. The van der Waals surface area contributed by atoms with Gasteiger partial charge in [-0.25, -0.2) is 4.68 Å². The molecule has 0 unspecified atom stereocenters. The lowest BCUT2D eigenvalue weighted by molar-refractivity contribution is -0.133. The molecule has 1 aliphatic carbocycles. The van der Waals surface area contributed by atoms with Gasteiger partial charge in [-0.3, -0.25) is 9.59 Å². The van der Waals surface area contributed by atoms with E-state index in [-0.39, 0.29) is 11.7 Å². The van der Waals surface area contributed by atoms with E-state index in [2.05, 4.69) is 10.4 Å². The predicted molar refractivity (Wildman–Crippen MR) is 97.6 cm³/mol. The maximum absolute atomic E-state index is 12.5. The van der Waals surface area contributed by atoms with Gasteiger partial charge in [0.15, 0.2) is 5.69 Å². The first kappa shape index (κ1) is 17.5. The lowest BCUT2D eigenvalue weighted by atomic mass is 10.2. The molecule has 1 heterocycles. The lowest BCUT2D eigenvalue weighted by Crippen LogP contribution is -2.27. The highest BCUT2D eigenvalue weighted by molar-refractivity contribution is 7.99. The molecule has 0 spiro atoms. The Morgan fingerprint density at radius 2 is 2.04 bits per heavy atom. The minimum atomic E-state index is -0.842. The van der Waals surface area contributed by atoms with E-state index >= 15 is 0 Å². The van der Waals surface area contributed by atoms with Gasteiger partial charge in [-0.05, 0) is 38.3 Å². The predicted octanol–water partition coefficient (Wildman–Crippen LogP) is 2.22. The molecule has 1 amide bonds. The number of carboxylic acids is 1. The van der Waals surface area contributed by atoms with E-state index in [4.69, 9.17) is 5.11 Å². The summed E-state index contributed by atoms with van der Waals surface area (Å²) in [6.07, 6.45) is 2.84. The molecule has 0 bridgehead atoms. The third kappa shape index (κ3) is 4.04. The molecule has 25 heavy (non-hydrogen) atoms. The molecule has 0 radical (unpaired) electrons. The third-order valence-electron chi connectivity index (χ3n) is 4.18. The zero-order chi connectivity index (χ0) is 17.8. The Labute approximate surface area is 150 Å². The number of aryl methyl sites for hydroxylation is 1. The molecule has 0 saturated heterocycles. The average molecular weight is 359 g/mol. The fourth-order valence-corrected chi connectivity index (χ4v) is 3.56. The maximum Gasteiger partial charge on any atom is 0.313 e. The van der Waals surface area contributed by atoms with Crippen LogP contribution in [0.2, 0.25) is 0 Å². The molecular formula is C18H21N3O3S. The van der Waals surface area contributed by atoms with Crippen LogP contribution in [-0.2, 0) is 17.6 Å². The van der Waals surface area contributed by atoms with E-state index in [0.29, 0.717) is 18.0 Å². The van der Waals surface area contributed by atoms with Gasteiger partial charge in [0.2, 0.25) is 0 Å². The van der Waals surface area contributed by atoms with E-state index in [9.17, 15) is 9.59 Å². The maximum atomic E-state index is 12.5. The number of hydrogen-bond acceptors (Lipinski definition) is 4. The van der Waals surface area contributed by atoms with Crippen molar-refractivity contribution in [3.63, 3.8) is 0 Å². The van der Waals surface area contributed by atoms with Gasteiger partial charge in [0.1, 0.15) is 0 Å². The second-order valence-corrected chi connectivity index (χ2v) is 7.18. The average Bonchev–Trinajstić information content (AvgIpc) is 3.17. The van der Waals surface area contributed by atoms with Crippen LogP contribution in [0.15, 0.2) is 24.3 Å². The summed E-state index contributed by atoms with van der Waals surface area (Å²) in [6, 6.07) is 8.12. The van der Waals surface area contributed by atoms with E-state index in [1.54, 1.807) is 0 Å². The van der Waals surface area contributed by atoms with Crippen molar-refractivity contribution in [2.24, 2.45) is 0 Å². The van der Waals surface area contributed by atoms with Gasteiger partial charge < -0.3 is 10.4 Å². The van der Waals surface area contributed by atoms with Crippen LogP contribution < -0.4 is 5.32 Å². The lowest BCUT2D eigenvalue weighted by Gasteiger charge is -2.06. The normalized spacial score (nSPS) is 12.8. The molecule has 2 N–H and O–H groups in total. The largest absolute Gasteiger partial charge is 0.481 e. The molecular weight excluding hydrogens is 338 g/mol. The SMILES string of the molecule is Cc1ccc(-n2nc(C(=O)NCCSCC(=O)O)c3c2CCC3)cc1. The van der Waals surface area contributed by atoms with Crippen LogP contribution in [0, 0.1) is 6.92 Å². The molecule has 2 aromatic rings. The summed E-state index contributed by atoms with van der Waals surface area (Å²) >= 11 is 1.29. The molecule has 1 aliphatic rings. The van der Waals surface area contributed by atoms with E-state index < -0.39 is 5.97 Å².